The van der Waals surface area contributed by atoms with Gasteiger partial charge < -0.3 is 20.2 Å². The first-order valence-corrected chi connectivity index (χ1v) is 6.90. The third-order valence-electron chi connectivity index (χ3n) is 4.47. The fourth-order valence-corrected chi connectivity index (χ4v) is 3.31. The largest absolute Gasteiger partial charge is 0.463 e. The van der Waals surface area contributed by atoms with E-state index in [9.17, 15) is 4.79 Å². The van der Waals surface area contributed by atoms with Crippen LogP contribution in [0.3, 0.4) is 0 Å². The summed E-state index contributed by atoms with van der Waals surface area (Å²) in [5.74, 6) is 0.241. The van der Waals surface area contributed by atoms with Crippen LogP contribution in [-0.4, -0.2) is 30.7 Å². The summed E-state index contributed by atoms with van der Waals surface area (Å²) in [5.41, 5.74) is 7.37. The van der Waals surface area contributed by atoms with Crippen molar-refractivity contribution in [3.8, 4) is 0 Å². The average molecular weight is 272 g/mol. The fraction of sp³-hybridized carbons (Fsp3) is 0.400. The lowest BCUT2D eigenvalue weighted by atomic mass is 9.72. The number of amides is 1. The summed E-state index contributed by atoms with van der Waals surface area (Å²) in [6.45, 7) is 0.740. The van der Waals surface area contributed by atoms with E-state index < -0.39 is 0 Å². The second kappa shape index (κ2) is 4.33. The molecule has 1 amide bonds. The van der Waals surface area contributed by atoms with Crippen LogP contribution in [0.1, 0.15) is 16.8 Å². The molecule has 1 saturated heterocycles. The summed E-state index contributed by atoms with van der Waals surface area (Å²) in [7, 11) is 0. The summed E-state index contributed by atoms with van der Waals surface area (Å²) in [6, 6.07) is 7.39. The highest BCUT2D eigenvalue weighted by Crippen LogP contribution is 2.38. The number of para-hydroxylation sites is 1. The summed E-state index contributed by atoms with van der Waals surface area (Å²) in [6.07, 6.45) is 2.57. The maximum Gasteiger partial charge on any atom is 0.255 e. The van der Waals surface area contributed by atoms with E-state index >= 15 is 0 Å². The van der Waals surface area contributed by atoms with Gasteiger partial charge in [0.05, 0.1) is 17.7 Å². The van der Waals surface area contributed by atoms with Crippen molar-refractivity contribution in [3.63, 3.8) is 0 Å². The molecule has 4 unspecified atom stereocenters. The molecular formula is C15H16N2O3. The van der Waals surface area contributed by atoms with Gasteiger partial charge in [-0.25, -0.2) is 0 Å². The minimum atomic E-state index is -0.149. The highest BCUT2D eigenvalue weighted by atomic mass is 16.5. The van der Waals surface area contributed by atoms with Crippen molar-refractivity contribution in [1.29, 1.82) is 0 Å². The molecule has 2 fully saturated rings. The standard InChI is InChI=1S/C15H16N2O3/c16-12-9-5-6-19-14(9)13(12)17-15(18)10-7-20-11-4-2-1-3-8(10)11/h1-4,7,9,12-14H,5-6,16H2,(H,17,18). The fourth-order valence-electron chi connectivity index (χ4n) is 3.31. The van der Waals surface area contributed by atoms with Crippen molar-refractivity contribution < 1.29 is 13.9 Å². The molecule has 2 aliphatic rings. The van der Waals surface area contributed by atoms with Crippen molar-refractivity contribution in [2.75, 3.05) is 6.61 Å². The topological polar surface area (TPSA) is 77.5 Å². The van der Waals surface area contributed by atoms with Crippen molar-refractivity contribution in [2.24, 2.45) is 11.7 Å². The Labute approximate surface area is 116 Å². The number of nitrogens with one attached hydrogen (secondary N) is 1. The number of benzene rings is 1. The van der Waals surface area contributed by atoms with E-state index in [0.29, 0.717) is 17.1 Å². The zero-order valence-electron chi connectivity index (χ0n) is 10.9. The van der Waals surface area contributed by atoms with Crippen LogP contribution < -0.4 is 11.1 Å². The maximum absolute atomic E-state index is 12.4. The Bertz CT molecular complexity index is 666. The van der Waals surface area contributed by atoms with Crippen LogP contribution in [0.15, 0.2) is 34.9 Å². The molecule has 1 aromatic carbocycles. The van der Waals surface area contributed by atoms with Crippen molar-refractivity contribution in [2.45, 2.75) is 24.6 Å². The van der Waals surface area contributed by atoms with Crippen LogP contribution in [-0.2, 0) is 4.74 Å². The molecule has 1 saturated carbocycles. The molecule has 0 radical (unpaired) electrons. The number of rotatable bonds is 2. The molecule has 104 valence electrons. The Morgan fingerprint density at radius 3 is 3.10 bits per heavy atom. The number of carbonyl (C=O) groups excluding carboxylic acids is 1. The van der Waals surface area contributed by atoms with Crippen LogP contribution in [0.25, 0.3) is 11.0 Å². The predicted octanol–water partition coefficient (Wildman–Crippen LogP) is 1.28. The second-order valence-electron chi connectivity index (χ2n) is 5.51. The predicted molar refractivity (Wildman–Crippen MR) is 73.3 cm³/mol. The Hall–Kier alpha value is -1.85. The minimum Gasteiger partial charge on any atom is -0.463 e. The van der Waals surface area contributed by atoms with Gasteiger partial charge in [0, 0.05) is 24.0 Å². The molecule has 1 aromatic heterocycles. The van der Waals surface area contributed by atoms with Gasteiger partial charge in [-0.3, -0.25) is 4.79 Å². The lowest BCUT2D eigenvalue weighted by molar-refractivity contribution is -0.0160. The van der Waals surface area contributed by atoms with Crippen LogP contribution >= 0.6 is 0 Å². The van der Waals surface area contributed by atoms with E-state index in [4.69, 9.17) is 14.9 Å². The molecule has 2 aromatic rings. The third-order valence-corrected chi connectivity index (χ3v) is 4.47. The highest BCUT2D eigenvalue weighted by Gasteiger charge is 2.52. The summed E-state index contributed by atoms with van der Waals surface area (Å²) in [5, 5.41) is 3.80. The van der Waals surface area contributed by atoms with E-state index in [2.05, 4.69) is 5.32 Å². The molecule has 4 atom stereocenters. The van der Waals surface area contributed by atoms with Gasteiger partial charge in [-0.2, -0.15) is 0 Å². The molecule has 1 aliphatic carbocycles. The van der Waals surface area contributed by atoms with Crippen LogP contribution in [0, 0.1) is 5.92 Å². The monoisotopic (exact) mass is 272 g/mol. The van der Waals surface area contributed by atoms with E-state index in [1.165, 1.54) is 6.26 Å². The second-order valence-corrected chi connectivity index (χ2v) is 5.51. The summed E-state index contributed by atoms with van der Waals surface area (Å²) in [4.78, 5) is 12.4. The van der Waals surface area contributed by atoms with Crippen molar-refractivity contribution in [1.82, 2.24) is 5.32 Å². The molecule has 3 N–H and O–H groups in total. The third kappa shape index (κ3) is 1.60. The Balaban J connectivity index is 1.56. The lowest BCUT2D eigenvalue weighted by Crippen LogP contribution is -2.68. The number of hydrogen-bond acceptors (Lipinski definition) is 4. The van der Waals surface area contributed by atoms with Gasteiger partial charge in [0.2, 0.25) is 0 Å². The maximum atomic E-state index is 12.4. The molecule has 1 aliphatic heterocycles. The molecule has 20 heavy (non-hydrogen) atoms. The Kier molecular flexibility index (Phi) is 2.58. The quantitative estimate of drug-likeness (QED) is 0.863. The zero-order chi connectivity index (χ0) is 13.7. The Morgan fingerprint density at radius 1 is 1.35 bits per heavy atom. The minimum absolute atomic E-state index is 0.00962. The van der Waals surface area contributed by atoms with E-state index in [1.54, 1.807) is 0 Å². The van der Waals surface area contributed by atoms with Gasteiger partial charge in [-0.1, -0.05) is 18.2 Å². The molecule has 5 nitrogen and oxygen atoms in total. The van der Waals surface area contributed by atoms with Crippen LogP contribution in [0.5, 0.6) is 0 Å². The molecule has 0 bridgehead atoms. The van der Waals surface area contributed by atoms with Crippen LogP contribution in [0.4, 0.5) is 0 Å². The number of nitrogens with two attached hydrogens (primary N) is 1. The SMILES string of the molecule is NC1C2CCOC2C1NC(=O)c1coc2ccccc12. The average Bonchev–Trinajstić information content (AvgIpc) is 3.08. The van der Waals surface area contributed by atoms with E-state index in [-0.39, 0.29) is 24.1 Å². The number of fused-ring (bicyclic) bond motifs is 2. The number of hydrogen-bond donors (Lipinski definition) is 2. The Morgan fingerprint density at radius 2 is 2.20 bits per heavy atom. The summed E-state index contributed by atoms with van der Waals surface area (Å²) < 4.78 is 11.0. The van der Waals surface area contributed by atoms with E-state index in [1.807, 2.05) is 24.3 Å². The van der Waals surface area contributed by atoms with Gasteiger partial charge >= 0.3 is 0 Å². The first kappa shape index (κ1) is 11.9. The number of ether oxygens (including phenoxy) is 1. The molecule has 4 rings (SSSR count). The molecular weight excluding hydrogens is 256 g/mol. The first-order valence-electron chi connectivity index (χ1n) is 6.90. The molecule has 5 heteroatoms. The lowest BCUT2D eigenvalue weighted by Gasteiger charge is -2.45. The number of carbonyl (C=O) groups is 1. The smallest absolute Gasteiger partial charge is 0.255 e. The van der Waals surface area contributed by atoms with Crippen molar-refractivity contribution >= 4 is 16.9 Å². The molecule has 2 heterocycles. The molecule has 0 spiro atoms. The van der Waals surface area contributed by atoms with Crippen molar-refractivity contribution in [3.05, 3.63) is 36.1 Å². The summed E-state index contributed by atoms with van der Waals surface area (Å²) >= 11 is 0. The van der Waals surface area contributed by atoms with Crippen LogP contribution in [0.2, 0.25) is 0 Å². The highest BCUT2D eigenvalue weighted by molar-refractivity contribution is 6.06. The van der Waals surface area contributed by atoms with Gasteiger partial charge in [0.25, 0.3) is 5.91 Å². The number of furan rings is 1. The van der Waals surface area contributed by atoms with Gasteiger partial charge in [-0.15, -0.1) is 0 Å². The van der Waals surface area contributed by atoms with Gasteiger partial charge in [0.15, 0.2) is 0 Å². The van der Waals surface area contributed by atoms with Gasteiger partial charge in [0.1, 0.15) is 11.8 Å². The zero-order valence-corrected chi connectivity index (χ0v) is 10.9. The van der Waals surface area contributed by atoms with Gasteiger partial charge in [-0.05, 0) is 12.5 Å². The first-order chi connectivity index (χ1) is 9.75. The van der Waals surface area contributed by atoms with E-state index in [0.717, 1.165) is 18.4 Å². The normalized spacial score (nSPS) is 31.9.